The average molecular weight is 435 g/mol. The van der Waals surface area contributed by atoms with E-state index in [9.17, 15) is 9.59 Å². The van der Waals surface area contributed by atoms with Crippen molar-refractivity contribution >= 4 is 17.5 Å². The van der Waals surface area contributed by atoms with Crippen LogP contribution in [0.5, 0.6) is 0 Å². The molecule has 0 bridgehead atoms. The summed E-state index contributed by atoms with van der Waals surface area (Å²) < 4.78 is 5.30. The molecular formula is C25H30N4O3. The Bertz CT molecular complexity index is 1060. The van der Waals surface area contributed by atoms with Crippen LogP contribution >= 0.6 is 0 Å². The lowest BCUT2D eigenvalue weighted by Crippen LogP contribution is -2.35. The Morgan fingerprint density at radius 2 is 1.81 bits per heavy atom. The third kappa shape index (κ3) is 6.03. The van der Waals surface area contributed by atoms with Crippen LogP contribution in [0.4, 0.5) is 5.69 Å². The van der Waals surface area contributed by atoms with Gasteiger partial charge in [0.1, 0.15) is 0 Å². The Morgan fingerprint density at radius 3 is 2.50 bits per heavy atom. The summed E-state index contributed by atoms with van der Waals surface area (Å²) in [6.45, 7) is 6.30. The number of nitrogens with one attached hydrogen (secondary N) is 1. The topological polar surface area (TPSA) is 88.3 Å². The Kier molecular flexibility index (Phi) is 7.76. The van der Waals surface area contributed by atoms with Gasteiger partial charge < -0.3 is 14.7 Å². The van der Waals surface area contributed by atoms with E-state index in [0.717, 1.165) is 23.2 Å². The number of anilines is 1. The highest BCUT2D eigenvalue weighted by atomic mass is 16.5. The molecule has 0 saturated heterocycles. The molecule has 2 amide bonds. The van der Waals surface area contributed by atoms with Crippen molar-refractivity contribution in [3.63, 3.8) is 0 Å². The normalized spacial score (nSPS) is 10.9. The molecule has 1 aromatic heterocycles. The molecular weight excluding hydrogens is 404 g/mol. The van der Waals surface area contributed by atoms with Gasteiger partial charge in [-0.2, -0.15) is 4.98 Å². The van der Waals surface area contributed by atoms with Gasteiger partial charge in [-0.25, -0.2) is 0 Å². The first-order chi connectivity index (χ1) is 15.4. The number of amides is 2. The van der Waals surface area contributed by atoms with Crippen molar-refractivity contribution in [3.8, 4) is 11.4 Å². The summed E-state index contributed by atoms with van der Waals surface area (Å²) in [7, 11) is 1.61. The molecule has 0 aliphatic carbocycles. The van der Waals surface area contributed by atoms with Gasteiger partial charge in [0, 0.05) is 31.1 Å². The number of hydrogen-bond acceptors (Lipinski definition) is 5. The zero-order chi connectivity index (χ0) is 23.1. The minimum absolute atomic E-state index is 0.0197. The van der Waals surface area contributed by atoms with Crippen molar-refractivity contribution in [2.24, 2.45) is 0 Å². The molecule has 0 fully saturated rings. The van der Waals surface area contributed by atoms with Crippen LogP contribution in [0.25, 0.3) is 11.4 Å². The molecule has 0 aliphatic rings. The van der Waals surface area contributed by atoms with Gasteiger partial charge in [-0.05, 0) is 29.5 Å². The first kappa shape index (κ1) is 23.2. The summed E-state index contributed by atoms with van der Waals surface area (Å²) >= 11 is 0. The molecule has 0 atom stereocenters. The number of likely N-dealkylation sites (N-methyl/N-ethyl adjacent to an activating group) is 1. The van der Waals surface area contributed by atoms with Crippen LogP contribution in [0.1, 0.15) is 50.1 Å². The number of para-hydroxylation sites is 1. The Morgan fingerprint density at radius 1 is 1.09 bits per heavy atom. The summed E-state index contributed by atoms with van der Waals surface area (Å²) in [6, 6.07) is 15.7. The van der Waals surface area contributed by atoms with E-state index in [1.807, 2.05) is 43.3 Å². The number of nitrogens with zero attached hydrogens (tertiary/aromatic N) is 3. The molecule has 0 radical (unpaired) electrons. The lowest BCUT2D eigenvalue weighted by Gasteiger charge is -2.17. The summed E-state index contributed by atoms with van der Waals surface area (Å²) in [5.74, 6) is 0.967. The summed E-state index contributed by atoms with van der Waals surface area (Å²) in [6.07, 6.45) is 1.32. The summed E-state index contributed by atoms with van der Waals surface area (Å²) in [5.41, 5.74) is 3.95. The predicted molar refractivity (Wildman–Crippen MR) is 124 cm³/mol. The largest absolute Gasteiger partial charge is 0.339 e. The second-order valence-corrected chi connectivity index (χ2v) is 8.10. The molecule has 0 spiro atoms. The maximum Gasteiger partial charge on any atom is 0.243 e. The standard InChI is InChI=1S/C25H30N4O3/c1-5-18-8-6-7-9-21(18)26-22(30)16-29(4)24(31)15-14-23-27-25(28-32-23)20-12-10-19(11-13-20)17(2)3/h6-13,17H,5,14-16H2,1-4H3,(H,26,30). The van der Waals surface area contributed by atoms with E-state index in [0.29, 0.717) is 24.1 Å². The minimum atomic E-state index is -0.230. The number of carbonyl (C=O) groups excluding carboxylic acids is 2. The van der Waals surface area contributed by atoms with E-state index in [-0.39, 0.29) is 24.8 Å². The van der Waals surface area contributed by atoms with E-state index < -0.39 is 0 Å². The average Bonchev–Trinajstić information content (AvgIpc) is 3.26. The molecule has 0 aliphatic heterocycles. The van der Waals surface area contributed by atoms with Crippen LogP contribution in [-0.4, -0.2) is 40.4 Å². The van der Waals surface area contributed by atoms with Gasteiger partial charge >= 0.3 is 0 Å². The lowest BCUT2D eigenvalue weighted by atomic mass is 10.0. The number of benzene rings is 2. The van der Waals surface area contributed by atoms with Crippen LogP contribution in [0, 0.1) is 0 Å². The SMILES string of the molecule is CCc1ccccc1NC(=O)CN(C)C(=O)CCc1nc(-c2ccc(C(C)C)cc2)no1. The van der Waals surface area contributed by atoms with E-state index in [4.69, 9.17) is 4.52 Å². The molecule has 168 valence electrons. The second kappa shape index (κ2) is 10.7. The first-order valence-corrected chi connectivity index (χ1v) is 10.9. The van der Waals surface area contributed by atoms with Gasteiger partial charge in [-0.3, -0.25) is 9.59 Å². The zero-order valence-corrected chi connectivity index (χ0v) is 19.1. The number of carbonyl (C=O) groups is 2. The van der Waals surface area contributed by atoms with Crippen LogP contribution in [0.2, 0.25) is 0 Å². The van der Waals surface area contributed by atoms with Gasteiger partial charge in [0.2, 0.25) is 23.5 Å². The Balaban J connectivity index is 1.50. The maximum atomic E-state index is 12.5. The van der Waals surface area contributed by atoms with E-state index in [1.165, 1.54) is 10.5 Å². The number of hydrogen-bond donors (Lipinski definition) is 1. The highest BCUT2D eigenvalue weighted by Gasteiger charge is 2.16. The molecule has 3 aromatic rings. The molecule has 7 heteroatoms. The van der Waals surface area contributed by atoms with Crippen LogP contribution in [0.3, 0.4) is 0 Å². The fraction of sp³-hybridized carbons (Fsp3) is 0.360. The van der Waals surface area contributed by atoms with Crippen LogP contribution < -0.4 is 5.32 Å². The highest BCUT2D eigenvalue weighted by Crippen LogP contribution is 2.21. The quantitative estimate of drug-likeness (QED) is 0.537. The molecule has 3 rings (SSSR count). The van der Waals surface area contributed by atoms with Crippen molar-refractivity contribution in [1.29, 1.82) is 0 Å². The lowest BCUT2D eigenvalue weighted by molar-refractivity contribution is -0.133. The van der Waals surface area contributed by atoms with Gasteiger partial charge in [0.15, 0.2) is 0 Å². The minimum Gasteiger partial charge on any atom is -0.339 e. The predicted octanol–water partition coefficient (Wildman–Crippen LogP) is 4.45. The van der Waals surface area contributed by atoms with Crippen LogP contribution in [-0.2, 0) is 22.4 Å². The van der Waals surface area contributed by atoms with Crippen molar-refractivity contribution in [1.82, 2.24) is 15.0 Å². The van der Waals surface area contributed by atoms with Gasteiger partial charge in [-0.15, -0.1) is 0 Å². The van der Waals surface area contributed by atoms with Gasteiger partial charge in [-0.1, -0.05) is 68.4 Å². The maximum absolute atomic E-state index is 12.5. The third-order valence-corrected chi connectivity index (χ3v) is 5.34. The number of aromatic nitrogens is 2. The molecule has 0 unspecified atom stereocenters. The highest BCUT2D eigenvalue weighted by molar-refractivity contribution is 5.95. The van der Waals surface area contributed by atoms with Gasteiger partial charge in [0.05, 0.1) is 6.54 Å². The monoisotopic (exact) mass is 434 g/mol. The summed E-state index contributed by atoms with van der Waals surface area (Å²) in [4.78, 5) is 30.6. The number of rotatable bonds is 9. The van der Waals surface area contributed by atoms with Crippen molar-refractivity contribution in [2.75, 3.05) is 18.9 Å². The smallest absolute Gasteiger partial charge is 0.243 e. The molecule has 2 aromatic carbocycles. The Hall–Kier alpha value is -3.48. The molecule has 32 heavy (non-hydrogen) atoms. The molecule has 0 saturated carbocycles. The van der Waals surface area contributed by atoms with Crippen molar-refractivity contribution in [2.45, 2.75) is 46.0 Å². The summed E-state index contributed by atoms with van der Waals surface area (Å²) in [5, 5.41) is 6.90. The van der Waals surface area contributed by atoms with Crippen molar-refractivity contribution in [3.05, 3.63) is 65.5 Å². The van der Waals surface area contributed by atoms with E-state index in [1.54, 1.807) is 7.05 Å². The van der Waals surface area contributed by atoms with Crippen molar-refractivity contribution < 1.29 is 14.1 Å². The fourth-order valence-corrected chi connectivity index (χ4v) is 3.34. The number of aryl methyl sites for hydroxylation is 2. The Labute approximate surface area is 188 Å². The van der Waals surface area contributed by atoms with E-state index in [2.05, 4.69) is 41.4 Å². The van der Waals surface area contributed by atoms with E-state index >= 15 is 0 Å². The molecule has 1 heterocycles. The molecule has 1 N–H and O–H groups in total. The van der Waals surface area contributed by atoms with Crippen LogP contribution in [0.15, 0.2) is 53.1 Å². The molecule has 7 nitrogen and oxygen atoms in total. The second-order valence-electron chi connectivity index (χ2n) is 8.10. The fourth-order valence-electron chi connectivity index (χ4n) is 3.34. The van der Waals surface area contributed by atoms with Gasteiger partial charge in [0.25, 0.3) is 0 Å². The zero-order valence-electron chi connectivity index (χ0n) is 19.1. The first-order valence-electron chi connectivity index (χ1n) is 10.9. The third-order valence-electron chi connectivity index (χ3n) is 5.34.